The number of amides is 2. The van der Waals surface area contributed by atoms with Gasteiger partial charge in [0.1, 0.15) is 29.3 Å². The highest BCUT2D eigenvalue weighted by molar-refractivity contribution is 6.02. The highest BCUT2D eigenvalue weighted by atomic mass is 19.3. The number of ether oxygens (including phenoxy) is 1. The number of halogens is 2. The molecular weight excluding hydrogens is 556 g/mol. The van der Waals surface area contributed by atoms with E-state index in [0.29, 0.717) is 36.7 Å². The molecule has 3 aromatic rings. The Morgan fingerprint density at radius 1 is 1.19 bits per heavy atom. The van der Waals surface area contributed by atoms with Crippen molar-refractivity contribution in [2.24, 2.45) is 5.92 Å². The van der Waals surface area contributed by atoms with Gasteiger partial charge in [-0.3, -0.25) is 14.4 Å². The molecule has 0 radical (unpaired) electrons. The summed E-state index contributed by atoms with van der Waals surface area (Å²) >= 11 is 0. The molecule has 1 aromatic heterocycles. The predicted molar refractivity (Wildman–Crippen MR) is 156 cm³/mol. The van der Waals surface area contributed by atoms with Gasteiger partial charge in [0.05, 0.1) is 12.1 Å². The van der Waals surface area contributed by atoms with Crippen LogP contribution in [0.3, 0.4) is 0 Å². The molecule has 2 aromatic carbocycles. The van der Waals surface area contributed by atoms with Gasteiger partial charge < -0.3 is 25.3 Å². The van der Waals surface area contributed by atoms with Crippen LogP contribution in [0.2, 0.25) is 0 Å². The molecule has 43 heavy (non-hydrogen) atoms. The van der Waals surface area contributed by atoms with E-state index < -0.39 is 36.6 Å². The van der Waals surface area contributed by atoms with Crippen molar-refractivity contribution in [1.29, 1.82) is 5.26 Å². The minimum absolute atomic E-state index is 0.0593. The number of likely N-dealkylation sites (tertiary alicyclic amines) is 1. The van der Waals surface area contributed by atoms with Crippen LogP contribution in [0.25, 0.3) is 10.9 Å². The lowest BCUT2D eigenvalue weighted by Gasteiger charge is -2.29. The fourth-order valence-electron chi connectivity index (χ4n) is 6.37. The van der Waals surface area contributed by atoms with Crippen molar-refractivity contribution in [1.82, 2.24) is 20.5 Å². The number of rotatable bonds is 11. The second kappa shape index (κ2) is 13.3. The first kappa shape index (κ1) is 30.2. The first-order chi connectivity index (χ1) is 20.8. The summed E-state index contributed by atoms with van der Waals surface area (Å²) in [7, 11) is 0. The Bertz CT molecular complexity index is 1500. The van der Waals surface area contributed by atoms with Crippen LogP contribution in [0.15, 0.2) is 54.6 Å². The summed E-state index contributed by atoms with van der Waals surface area (Å²) in [4.78, 5) is 44.9. The standard InChI is InChI=1S/C32H35F2N5O4/c1-2-36-26(17-35)24(14-20-10-6-12-28(20)40)38-30(41)27-15-21(19-8-4-3-5-9-19)18-39(27)31(42)25-16-22-23(37-25)11-7-13-29(22)43-32(33)34/h3-5,7-9,11,13,16,20-21,24,26-27,32,36-37H,2,6,10,12,14-15,18H2,1H3,(H,38,41). The van der Waals surface area contributed by atoms with Gasteiger partial charge in [0.2, 0.25) is 5.91 Å². The van der Waals surface area contributed by atoms with Crippen LogP contribution in [0.5, 0.6) is 5.75 Å². The van der Waals surface area contributed by atoms with Crippen LogP contribution >= 0.6 is 0 Å². The van der Waals surface area contributed by atoms with Gasteiger partial charge in [0.15, 0.2) is 0 Å². The fraction of sp³-hybridized carbons (Fsp3) is 0.438. The number of Topliss-reactive ketones (excluding diaryl/α,β-unsaturated/α-hetero) is 1. The number of H-pyrrole nitrogens is 1. The zero-order valence-corrected chi connectivity index (χ0v) is 23.9. The van der Waals surface area contributed by atoms with E-state index in [0.717, 1.165) is 18.4 Å². The van der Waals surface area contributed by atoms with E-state index in [1.54, 1.807) is 12.1 Å². The van der Waals surface area contributed by atoms with Crippen molar-refractivity contribution in [2.45, 2.75) is 69.7 Å². The number of nitrogens with one attached hydrogen (secondary N) is 3. The third kappa shape index (κ3) is 6.70. The van der Waals surface area contributed by atoms with Gasteiger partial charge >= 0.3 is 6.61 Å². The second-order valence-electron chi connectivity index (χ2n) is 11.2. The first-order valence-corrected chi connectivity index (χ1v) is 14.7. The molecule has 2 fully saturated rings. The van der Waals surface area contributed by atoms with Crippen molar-refractivity contribution < 1.29 is 27.9 Å². The van der Waals surface area contributed by atoms with Gasteiger partial charge in [0, 0.05) is 35.7 Å². The lowest BCUT2D eigenvalue weighted by Crippen LogP contribution is -2.55. The van der Waals surface area contributed by atoms with Crippen LogP contribution < -0.4 is 15.4 Å². The van der Waals surface area contributed by atoms with E-state index in [-0.39, 0.29) is 35.6 Å². The summed E-state index contributed by atoms with van der Waals surface area (Å²) in [5, 5.41) is 16.4. The summed E-state index contributed by atoms with van der Waals surface area (Å²) in [6.45, 7) is -0.392. The number of carbonyl (C=O) groups excluding carboxylic acids is 3. The van der Waals surface area contributed by atoms with Gasteiger partial charge in [-0.2, -0.15) is 14.0 Å². The number of fused-ring (bicyclic) bond motifs is 1. The number of aromatic amines is 1. The van der Waals surface area contributed by atoms with E-state index in [1.807, 2.05) is 37.3 Å². The van der Waals surface area contributed by atoms with E-state index in [1.165, 1.54) is 17.0 Å². The molecule has 0 bridgehead atoms. The highest BCUT2D eigenvalue weighted by Gasteiger charge is 2.42. The van der Waals surface area contributed by atoms with E-state index in [4.69, 9.17) is 0 Å². The number of nitriles is 1. The van der Waals surface area contributed by atoms with Crippen LogP contribution in [0.1, 0.15) is 61.0 Å². The highest BCUT2D eigenvalue weighted by Crippen LogP contribution is 2.35. The number of ketones is 1. The molecule has 1 aliphatic carbocycles. The minimum Gasteiger partial charge on any atom is -0.434 e. The van der Waals surface area contributed by atoms with Crippen LogP contribution in [0.4, 0.5) is 8.78 Å². The van der Waals surface area contributed by atoms with Crippen LogP contribution in [-0.4, -0.2) is 65.3 Å². The Morgan fingerprint density at radius 3 is 2.65 bits per heavy atom. The zero-order valence-electron chi connectivity index (χ0n) is 23.9. The maximum atomic E-state index is 14.0. The van der Waals surface area contributed by atoms with Gasteiger partial charge in [-0.15, -0.1) is 0 Å². The number of aromatic nitrogens is 1. The SMILES string of the molecule is CCNC(C#N)C(CC1CCCC1=O)NC(=O)C1CC(c2ccccc2)CN1C(=O)c1cc2c(OC(F)F)cccc2[nH]1. The molecule has 5 rings (SSSR count). The summed E-state index contributed by atoms with van der Waals surface area (Å²) in [6.07, 6.45) is 2.71. The molecule has 0 spiro atoms. The van der Waals surface area contributed by atoms with Gasteiger partial charge in [-0.25, -0.2) is 0 Å². The predicted octanol–water partition coefficient (Wildman–Crippen LogP) is 4.51. The molecule has 226 valence electrons. The van der Waals surface area contributed by atoms with Crippen molar-refractivity contribution in [2.75, 3.05) is 13.1 Å². The zero-order chi connectivity index (χ0) is 30.5. The Kier molecular flexibility index (Phi) is 9.36. The number of benzene rings is 2. The lowest BCUT2D eigenvalue weighted by atomic mass is 9.92. The monoisotopic (exact) mass is 591 g/mol. The van der Waals surface area contributed by atoms with Crippen molar-refractivity contribution in [3.63, 3.8) is 0 Å². The van der Waals surface area contributed by atoms with Crippen molar-refractivity contribution in [3.8, 4) is 11.8 Å². The first-order valence-electron chi connectivity index (χ1n) is 14.7. The van der Waals surface area contributed by atoms with E-state index >= 15 is 0 Å². The molecule has 1 saturated heterocycles. The summed E-state index contributed by atoms with van der Waals surface area (Å²) < 4.78 is 30.6. The summed E-state index contributed by atoms with van der Waals surface area (Å²) in [5.41, 5.74) is 1.57. The topological polar surface area (TPSA) is 127 Å². The largest absolute Gasteiger partial charge is 0.434 e. The maximum absolute atomic E-state index is 14.0. The molecule has 11 heteroatoms. The summed E-state index contributed by atoms with van der Waals surface area (Å²) in [6, 6.07) is 15.7. The molecule has 2 amide bonds. The van der Waals surface area contributed by atoms with Gasteiger partial charge in [-0.05, 0) is 56.0 Å². The van der Waals surface area contributed by atoms with Gasteiger partial charge in [0.25, 0.3) is 5.91 Å². The quantitative estimate of drug-likeness (QED) is 0.301. The van der Waals surface area contributed by atoms with Crippen LogP contribution in [-0.2, 0) is 9.59 Å². The minimum atomic E-state index is -3.02. The normalized spacial score (nSPS) is 21.6. The van der Waals surface area contributed by atoms with Crippen molar-refractivity contribution >= 4 is 28.5 Å². The Hall–Kier alpha value is -4.30. The molecule has 1 saturated carbocycles. The molecule has 2 aliphatic rings. The maximum Gasteiger partial charge on any atom is 0.387 e. The molecule has 3 N–H and O–H groups in total. The number of alkyl halides is 2. The molecule has 5 atom stereocenters. The summed E-state index contributed by atoms with van der Waals surface area (Å²) in [5.74, 6) is -1.13. The van der Waals surface area contributed by atoms with E-state index in [9.17, 15) is 28.4 Å². The van der Waals surface area contributed by atoms with Crippen LogP contribution in [0, 0.1) is 17.2 Å². The number of hydrogen-bond acceptors (Lipinski definition) is 6. The number of likely N-dealkylation sites (N-methyl/N-ethyl adjacent to an activating group) is 1. The van der Waals surface area contributed by atoms with Gasteiger partial charge in [-0.1, -0.05) is 43.3 Å². The molecule has 2 heterocycles. The average molecular weight is 592 g/mol. The third-order valence-corrected chi connectivity index (χ3v) is 8.47. The molecule has 1 aliphatic heterocycles. The number of carbonyl (C=O) groups is 3. The number of hydrogen-bond donors (Lipinski definition) is 3. The Balaban J connectivity index is 1.44. The Labute approximate surface area is 248 Å². The molecule has 5 unspecified atom stereocenters. The number of nitrogens with zero attached hydrogens (tertiary/aromatic N) is 2. The average Bonchev–Trinajstić information content (AvgIpc) is 3.74. The van der Waals surface area contributed by atoms with E-state index in [2.05, 4.69) is 26.4 Å². The fourth-order valence-corrected chi connectivity index (χ4v) is 6.37. The lowest BCUT2D eigenvalue weighted by molar-refractivity contribution is -0.126. The van der Waals surface area contributed by atoms with Crippen molar-refractivity contribution in [3.05, 3.63) is 65.9 Å². The Morgan fingerprint density at radius 2 is 1.98 bits per heavy atom. The second-order valence-corrected chi connectivity index (χ2v) is 11.2. The molecule has 9 nitrogen and oxygen atoms in total. The smallest absolute Gasteiger partial charge is 0.387 e. The molecular formula is C32H35F2N5O4. The third-order valence-electron chi connectivity index (χ3n) is 8.47.